The van der Waals surface area contributed by atoms with Crippen LogP contribution in [0.5, 0.6) is 0 Å². The largest absolute Gasteiger partial charge is 0.385 e. The molecule has 2 atom stereocenters. The second-order valence-electron chi connectivity index (χ2n) is 7.08. The number of aliphatic hydroxyl groups is 1. The Balaban J connectivity index is 2.24. The molecule has 102 valence electrons. The Morgan fingerprint density at radius 2 is 1.72 bits per heavy atom. The first-order chi connectivity index (χ1) is 8.40. The smallest absolute Gasteiger partial charge is 0.0867 e. The summed E-state index contributed by atoms with van der Waals surface area (Å²) in [6.07, 6.45) is 11.3. The van der Waals surface area contributed by atoms with E-state index in [2.05, 4.69) is 45.9 Å². The molecule has 1 unspecified atom stereocenters. The maximum absolute atomic E-state index is 11.2. The summed E-state index contributed by atoms with van der Waals surface area (Å²) in [6, 6.07) is 0. The SMILES string of the molecule is CC(C)CC(O)(CC(C)C)C1=C[C@H]2C=CC1CC2. The van der Waals surface area contributed by atoms with Gasteiger partial charge in [0.2, 0.25) is 0 Å². The van der Waals surface area contributed by atoms with Crippen molar-refractivity contribution in [3.8, 4) is 0 Å². The average molecular weight is 248 g/mol. The number of hydrogen-bond donors (Lipinski definition) is 1. The normalized spacial score (nSPS) is 27.2. The zero-order valence-corrected chi connectivity index (χ0v) is 12.3. The quantitative estimate of drug-likeness (QED) is 0.718. The molecule has 0 aliphatic heterocycles. The predicted molar refractivity (Wildman–Crippen MR) is 77.3 cm³/mol. The number of hydrogen-bond acceptors (Lipinski definition) is 1. The van der Waals surface area contributed by atoms with Crippen LogP contribution in [0.2, 0.25) is 0 Å². The van der Waals surface area contributed by atoms with E-state index in [9.17, 15) is 5.11 Å². The van der Waals surface area contributed by atoms with Gasteiger partial charge in [0.15, 0.2) is 0 Å². The van der Waals surface area contributed by atoms with Crippen molar-refractivity contribution in [3.05, 3.63) is 23.8 Å². The second-order valence-corrected chi connectivity index (χ2v) is 7.08. The topological polar surface area (TPSA) is 20.2 Å². The maximum atomic E-state index is 11.2. The van der Waals surface area contributed by atoms with Crippen LogP contribution in [0, 0.1) is 23.7 Å². The summed E-state index contributed by atoms with van der Waals surface area (Å²) in [5.74, 6) is 2.16. The lowest BCUT2D eigenvalue weighted by Gasteiger charge is -2.42. The molecule has 0 aromatic rings. The van der Waals surface area contributed by atoms with E-state index in [1.54, 1.807) is 0 Å². The molecule has 0 heterocycles. The molecular weight excluding hydrogens is 220 g/mol. The van der Waals surface area contributed by atoms with Gasteiger partial charge in [-0.3, -0.25) is 0 Å². The highest BCUT2D eigenvalue weighted by Gasteiger charge is 2.39. The first-order valence-electron chi connectivity index (χ1n) is 7.53. The molecule has 0 amide bonds. The minimum absolute atomic E-state index is 0.498. The third kappa shape index (κ3) is 2.88. The van der Waals surface area contributed by atoms with Crippen molar-refractivity contribution >= 4 is 0 Å². The Bertz CT molecular complexity index is 339. The molecule has 1 heteroatoms. The molecule has 0 aromatic carbocycles. The Morgan fingerprint density at radius 1 is 1.11 bits per heavy atom. The minimum Gasteiger partial charge on any atom is -0.385 e. The van der Waals surface area contributed by atoms with E-state index < -0.39 is 5.60 Å². The summed E-state index contributed by atoms with van der Waals surface area (Å²) in [7, 11) is 0. The first-order valence-corrected chi connectivity index (χ1v) is 7.53. The van der Waals surface area contributed by atoms with Crippen molar-refractivity contribution in [2.75, 3.05) is 0 Å². The van der Waals surface area contributed by atoms with Crippen molar-refractivity contribution in [1.29, 1.82) is 0 Å². The highest BCUT2D eigenvalue weighted by molar-refractivity contribution is 5.33. The lowest BCUT2D eigenvalue weighted by atomic mass is 9.67. The molecule has 0 saturated heterocycles. The fourth-order valence-corrected chi connectivity index (χ4v) is 3.76. The molecule has 0 fully saturated rings. The average Bonchev–Trinajstić information content (AvgIpc) is 2.28. The molecule has 0 radical (unpaired) electrons. The standard InChI is InChI=1S/C17H28O/c1-12(2)10-17(18,11-13(3)4)16-9-14-5-7-15(16)8-6-14/h5,7,9,12-15,18H,6,8,10-11H2,1-4H3/t14-,15?/m0/s1. The highest BCUT2D eigenvalue weighted by atomic mass is 16.3. The van der Waals surface area contributed by atoms with Gasteiger partial charge in [-0.15, -0.1) is 0 Å². The van der Waals surface area contributed by atoms with E-state index >= 15 is 0 Å². The lowest BCUT2D eigenvalue weighted by Crippen LogP contribution is -2.40. The molecule has 18 heavy (non-hydrogen) atoms. The Kier molecular flexibility index (Phi) is 4.01. The van der Waals surface area contributed by atoms with Crippen LogP contribution < -0.4 is 0 Å². The van der Waals surface area contributed by atoms with Gasteiger partial charge in [0.05, 0.1) is 5.60 Å². The van der Waals surface area contributed by atoms with Gasteiger partial charge in [0.25, 0.3) is 0 Å². The Labute approximate surface area is 112 Å². The monoisotopic (exact) mass is 248 g/mol. The van der Waals surface area contributed by atoms with Gasteiger partial charge in [-0.1, -0.05) is 45.9 Å². The van der Waals surface area contributed by atoms with Gasteiger partial charge in [0.1, 0.15) is 0 Å². The van der Waals surface area contributed by atoms with Crippen molar-refractivity contribution < 1.29 is 5.11 Å². The zero-order chi connectivity index (χ0) is 13.3. The molecular formula is C17H28O. The van der Waals surface area contributed by atoms with E-state index in [1.807, 2.05) is 0 Å². The molecule has 3 aliphatic carbocycles. The van der Waals surface area contributed by atoms with Crippen LogP contribution in [0.25, 0.3) is 0 Å². The van der Waals surface area contributed by atoms with Gasteiger partial charge in [-0.2, -0.15) is 0 Å². The molecule has 0 aromatic heterocycles. The summed E-state index contributed by atoms with van der Waals surface area (Å²) in [6.45, 7) is 8.84. The number of allylic oxidation sites excluding steroid dienone is 3. The van der Waals surface area contributed by atoms with Crippen LogP contribution >= 0.6 is 0 Å². The zero-order valence-electron chi connectivity index (χ0n) is 12.3. The molecule has 3 rings (SSSR count). The van der Waals surface area contributed by atoms with Crippen LogP contribution in [0.3, 0.4) is 0 Å². The fraction of sp³-hybridized carbons (Fsp3) is 0.765. The van der Waals surface area contributed by atoms with Crippen LogP contribution in [-0.2, 0) is 0 Å². The van der Waals surface area contributed by atoms with E-state index in [1.165, 1.54) is 18.4 Å². The van der Waals surface area contributed by atoms with Crippen LogP contribution in [0.1, 0.15) is 53.4 Å². The van der Waals surface area contributed by atoms with Crippen LogP contribution in [0.15, 0.2) is 23.8 Å². The molecule has 0 spiro atoms. The molecule has 0 saturated carbocycles. The molecule has 2 bridgehead atoms. The second kappa shape index (κ2) is 5.21. The summed E-state index contributed by atoms with van der Waals surface area (Å²) in [5, 5.41) is 11.2. The summed E-state index contributed by atoms with van der Waals surface area (Å²) >= 11 is 0. The van der Waals surface area contributed by atoms with Crippen LogP contribution in [-0.4, -0.2) is 10.7 Å². The summed E-state index contributed by atoms with van der Waals surface area (Å²) < 4.78 is 0. The predicted octanol–water partition coefficient (Wildman–Crippen LogP) is 4.33. The fourth-order valence-electron chi connectivity index (χ4n) is 3.76. The van der Waals surface area contributed by atoms with Gasteiger partial charge >= 0.3 is 0 Å². The van der Waals surface area contributed by atoms with Crippen molar-refractivity contribution in [1.82, 2.24) is 0 Å². The van der Waals surface area contributed by atoms with Crippen molar-refractivity contribution in [3.63, 3.8) is 0 Å². The number of rotatable bonds is 5. The van der Waals surface area contributed by atoms with Crippen molar-refractivity contribution in [2.24, 2.45) is 23.7 Å². The van der Waals surface area contributed by atoms with Gasteiger partial charge in [0, 0.05) is 5.92 Å². The Morgan fingerprint density at radius 3 is 2.06 bits per heavy atom. The van der Waals surface area contributed by atoms with E-state index in [0.717, 1.165) is 12.8 Å². The van der Waals surface area contributed by atoms with Crippen LogP contribution in [0.4, 0.5) is 0 Å². The van der Waals surface area contributed by atoms with E-state index in [-0.39, 0.29) is 0 Å². The highest BCUT2D eigenvalue weighted by Crippen LogP contribution is 2.44. The molecule has 1 N–H and O–H groups in total. The third-order valence-corrected chi connectivity index (χ3v) is 4.22. The first kappa shape index (κ1) is 13.9. The maximum Gasteiger partial charge on any atom is 0.0867 e. The lowest BCUT2D eigenvalue weighted by molar-refractivity contribution is 0.0250. The van der Waals surface area contributed by atoms with Gasteiger partial charge in [-0.05, 0) is 49.0 Å². The third-order valence-electron chi connectivity index (χ3n) is 4.22. The summed E-state index contributed by atoms with van der Waals surface area (Å²) in [4.78, 5) is 0. The summed E-state index contributed by atoms with van der Waals surface area (Å²) in [5.41, 5.74) is 0.750. The van der Waals surface area contributed by atoms with E-state index in [0.29, 0.717) is 23.7 Å². The van der Waals surface area contributed by atoms with Gasteiger partial charge < -0.3 is 5.11 Å². The van der Waals surface area contributed by atoms with Crippen molar-refractivity contribution in [2.45, 2.75) is 59.0 Å². The number of fused-ring (bicyclic) bond motifs is 1. The van der Waals surface area contributed by atoms with E-state index in [4.69, 9.17) is 0 Å². The molecule has 1 nitrogen and oxygen atoms in total. The van der Waals surface area contributed by atoms with Gasteiger partial charge in [-0.25, -0.2) is 0 Å². The Hall–Kier alpha value is -0.560. The molecule has 3 aliphatic rings. The minimum atomic E-state index is -0.573.